The molecule has 1 aliphatic rings. The van der Waals surface area contributed by atoms with Crippen molar-refractivity contribution in [1.29, 1.82) is 0 Å². The minimum atomic E-state index is -0.451. The van der Waals surface area contributed by atoms with Crippen LogP contribution in [0.2, 0.25) is 0 Å². The number of rotatable bonds is 4. The molecule has 0 aromatic heterocycles. The number of carbonyl (C=O) groups excluding carboxylic acids is 1. The van der Waals surface area contributed by atoms with Crippen molar-refractivity contribution in [1.82, 2.24) is 0 Å². The van der Waals surface area contributed by atoms with Gasteiger partial charge >= 0.3 is 0 Å². The number of fused-ring (bicyclic) bond motifs is 1. The van der Waals surface area contributed by atoms with Crippen molar-refractivity contribution in [2.75, 3.05) is 18.1 Å². The molecule has 0 fully saturated rings. The first-order valence-electron chi connectivity index (χ1n) is 7.52. The van der Waals surface area contributed by atoms with Gasteiger partial charge in [0.2, 0.25) is 0 Å². The molecule has 0 atom stereocenters. The number of ether oxygens (including phenoxy) is 1. The molecule has 2 aromatic rings. The van der Waals surface area contributed by atoms with E-state index in [9.17, 15) is 14.9 Å². The first-order valence-corrected chi connectivity index (χ1v) is 8.32. The molecule has 0 N–H and O–H groups in total. The average Bonchev–Trinajstić information content (AvgIpc) is 2.98. The Bertz CT molecular complexity index is 805. The Labute approximate surface area is 147 Å². The van der Waals surface area contributed by atoms with Crippen molar-refractivity contribution in [2.45, 2.75) is 13.3 Å². The van der Waals surface area contributed by atoms with Crippen LogP contribution in [0.5, 0.6) is 5.75 Å². The van der Waals surface area contributed by atoms with E-state index in [4.69, 9.17) is 4.74 Å². The largest absolute Gasteiger partial charge is 0.494 e. The van der Waals surface area contributed by atoms with E-state index in [2.05, 4.69) is 15.9 Å². The van der Waals surface area contributed by atoms with E-state index in [1.54, 1.807) is 24.3 Å². The van der Waals surface area contributed by atoms with Gasteiger partial charge < -0.3 is 9.64 Å². The second-order valence-corrected chi connectivity index (χ2v) is 6.27. The van der Waals surface area contributed by atoms with E-state index >= 15 is 0 Å². The second kappa shape index (κ2) is 6.60. The smallest absolute Gasteiger partial charge is 0.294 e. The molecular formula is C17H15BrN2O4. The zero-order valence-corrected chi connectivity index (χ0v) is 14.6. The lowest BCUT2D eigenvalue weighted by atomic mass is 10.1. The predicted octanol–water partition coefficient (Wildman–Crippen LogP) is 3.96. The summed E-state index contributed by atoms with van der Waals surface area (Å²) in [5.74, 6) is 0.438. The van der Waals surface area contributed by atoms with Crippen molar-refractivity contribution in [2.24, 2.45) is 0 Å². The van der Waals surface area contributed by atoms with Gasteiger partial charge in [0.15, 0.2) is 0 Å². The minimum absolute atomic E-state index is 0.0591. The van der Waals surface area contributed by atoms with E-state index in [-0.39, 0.29) is 11.6 Å². The fourth-order valence-electron chi connectivity index (χ4n) is 2.84. The molecule has 7 heteroatoms. The van der Waals surface area contributed by atoms with Crippen LogP contribution >= 0.6 is 15.9 Å². The first kappa shape index (κ1) is 16.4. The predicted molar refractivity (Wildman–Crippen MR) is 93.8 cm³/mol. The molecule has 1 amide bonds. The summed E-state index contributed by atoms with van der Waals surface area (Å²) in [6.07, 6.45) is 0.596. The van der Waals surface area contributed by atoms with Gasteiger partial charge in [-0.25, -0.2) is 0 Å². The molecule has 1 heterocycles. The number of halogens is 1. The first-order chi connectivity index (χ1) is 11.5. The van der Waals surface area contributed by atoms with Gasteiger partial charge in [0, 0.05) is 22.6 Å². The number of amides is 1. The summed E-state index contributed by atoms with van der Waals surface area (Å²) in [6, 6.07) is 10.1. The maximum absolute atomic E-state index is 12.8. The van der Waals surface area contributed by atoms with Gasteiger partial charge in [-0.1, -0.05) is 15.9 Å². The third-order valence-electron chi connectivity index (χ3n) is 3.86. The van der Waals surface area contributed by atoms with Gasteiger partial charge in [0.1, 0.15) is 11.4 Å². The maximum Gasteiger partial charge on any atom is 0.294 e. The lowest BCUT2D eigenvalue weighted by Crippen LogP contribution is -2.29. The Hall–Kier alpha value is -2.41. The molecule has 0 bridgehead atoms. The molecule has 0 saturated carbocycles. The molecule has 0 spiro atoms. The van der Waals surface area contributed by atoms with E-state index in [1.165, 1.54) is 11.0 Å². The van der Waals surface area contributed by atoms with Gasteiger partial charge in [0.25, 0.3) is 11.6 Å². The van der Waals surface area contributed by atoms with Gasteiger partial charge in [-0.05, 0) is 49.2 Å². The van der Waals surface area contributed by atoms with Crippen molar-refractivity contribution >= 4 is 33.2 Å². The van der Waals surface area contributed by atoms with Crippen LogP contribution in [0.25, 0.3) is 0 Å². The van der Waals surface area contributed by atoms with Crippen LogP contribution in [-0.4, -0.2) is 24.0 Å². The number of hydrogen-bond donors (Lipinski definition) is 0. The highest BCUT2D eigenvalue weighted by Gasteiger charge is 2.33. The monoisotopic (exact) mass is 390 g/mol. The van der Waals surface area contributed by atoms with Crippen LogP contribution in [0.1, 0.15) is 22.8 Å². The van der Waals surface area contributed by atoms with Crippen LogP contribution in [0.3, 0.4) is 0 Å². The summed E-state index contributed by atoms with van der Waals surface area (Å²) in [5.41, 5.74) is 1.61. The van der Waals surface area contributed by atoms with E-state index in [1.807, 2.05) is 13.0 Å². The molecule has 6 nitrogen and oxygen atoms in total. The van der Waals surface area contributed by atoms with Gasteiger partial charge in [-0.2, -0.15) is 0 Å². The highest BCUT2D eigenvalue weighted by molar-refractivity contribution is 9.10. The molecule has 24 heavy (non-hydrogen) atoms. The van der Waals surface area contributed by atoms with E-state index in [0.717, 1.165) is 5.56 Å². The van der Waals surface area contributed by atoms with Crippen LogP contribution in [0.4, 0.5) is 11.4 Å². The normalized spacial score (nSPS) is 12.8. The van der Waals surface area contributed by atoms with Gasteiger partial charge in [0.05, 0.1) is 11.5 Å². The molecule has 2 aromatic carbocycles. The lowest BCUT2D eigenvalue weighted by Gasteiger charge is -2.17. The zero-order chi connectivity index (χ0) is 17.3. The number of benzene rings is 2. The highest BCUT2D eigenvalue weighted by Crippen LogP contribution is 2.40. The SMILES string of the molecule is CCOc1ccc(C(=O)N2CCc3cc(Br)cc([N+](=O)[O-])c32)cc1. The maximum atomic E-state index is 12.8. The number of nitro groups is 1. The number of nitrogens with zero attached hydrogens (tertiary/aromatic N) is 2. The molecule has 124 valence electrons. The highest BCUT2D eigenvalue weighted by atomic mass is 79.9. The summed E-state index contributed by atoms with van der Waals surface area (Å²) in [7, 11) is 0. The quantitative estimate of drug-likeness (QED) is 0.584. The minimum Gasteiger partial charge on any atom is -0.494 e. The average molecular weight is 391 g/mol. The topological polar surface area (TPSA) is 72.7 Å². The standard InChI is InChI=1S/C17H15BrN2O4/c1-2-24-14-5-3-11(4-6-14)17(21)19-8-7-12-9-13(18)10-15(16(12)19)20(22)23/h3-6,9-10H,2,7-8H2,1H3. The summed E-state index contributed by atoms with van der Waals surface area (Å²) >= 11 is 3.29. The Balaban J connectivity index is 1.96. The fraction of sp³-hybridized carbons (Fsp3) is 0.235. The lowest BCUT2D eigenvalue weighted by molar-refractivity contribution is -0.384. The van der Waals surface area contributed by atoms with Crippen molar-refractivity contribution < 1.29 is 14.5 Å². The number of hydrogen-bond acceptors (Lipinski definition) is 4. The number of nitro benzene ring substituents is 1. The third-order valence-corrected chi connectivity index (χ3v) is 4.32. The van der Waals surface area contributed by atoms with Crippen LogP contribution in [-0.2, 0) is 6.42 Å². The molecule has 0 saturated heterocycles. The molecule has 3 rings (SSSR count). The summed E-state index contributed by atoms with van der Waals surface area (Å²) in [5, 5.41) is 11.4. The van der Waals surface area contributed by atoms with Gasteiger partial charge in [-0.3, -0.25) is 14.9 Å². The Kier molecular flexibility index (Phi) is 4.53. The molecule has 1 aliphatic heterocycles. The Morgan fingerprint density at radius 3 is 2.67 bits per heavy atom. The van der Waals surface area contributed by atoms with Crippen molar-refractivity contribution in [3.63, 3.8) is 0 Å². The van der Waals surface area contributed by atoms with Crippen molar-refractivity contribution in [3.8, 4) is 5.75 Å². The third kappa shape index (κ3) is 2.99. The van der Waals surface area contributed by atoms with Gasteiger partial charge in [-0.15, -0.1) is 0 Å². The molecule has 0 radical (unpaired) electrons. The fourth-order valence-corrected chi connectivity index (χ4v) is 3.34. The Morgan fingerprint density at radius 1 is 1.33 bits per heavy atom. The van der Waals surface area contributed by atoms with Crippen LogP contribution < -0.4 is 9.64 Å². The van der Waals surface area contributed by atoms with E-state index in [0.29, 0.717) is 41.0 Å². The number of carbonyl (C=O) groups is 1. The Morgan fingerprint density at radius 2 is 2.04 bits per heavy atom. The zero-order valence-electron chi connectivity index (χ0n) is 13.0. The molecule has 0 unspecified atom stereocenters. The van der Waals surface area contributed by atoms with E-state index < -0.39 is 4.92 Å². The summed E-state index contributed by atoms with van der Waals surface area (Å²) < 4.78 is 6.01. The van der Waals surface area contributed by atoms with Crippen LogP contribution in [0, 0.1) is 10.1 Å². The second-order valence-electron chi connectivity index (χ2n) is 5.35. The summed E-state index contributed by atoms with van der Waals surface area (Å²) in [4.78, 5) is 25.2. The van der Waals surface area contributed by atoms with Crippen molar-refractivity contribution in [3.05, 3.63) is 62.1 Å². The number of anilines is 1. The molecule has 0 aliphatic carbocycles. The van der Waals surface area contributed by atoms with Crippen LogP contribution in [0.15, 0.2) is 40.9 Å². The summed E-state index contributed by atoms with van der Waals surface area (Å²) in [6.45, 7) is 2.87. The molecular weight excluding hydrogens is 376 g/mol.